The highest BCUT2D eigenvalue weighted by Crippen LogP contribution is 2.41. The van der Waals surface area contributed by atoms with Gasteiger partial charge in [0.1, 0.15) is 35.8 Å². The van der Waals surface area contributed by atoms with E-state index in [0.717, 1.165) is 0 Å². The number of hydrogen-bond donors (Lipinski definition) is 7. The Labute approximate surface area is 301 Å². The molecule has 0 spiro atoms. The van der Waals surface area contributed by atoms with Gasteiger partial charge in [-0.15, -0.1) is 0 Å². The summed E-state index contributed by atoms with van der Waals surface area (Å²) in [5.41, 5.74) is 2.79. The first-order chi connectivity index (χ1) is 24.0. The molecule has 0 bridgehead atoms. The van der Waals surface area contributed by atoms with Crippen molar-refractivity contribution < 1.29 is 44.3 Å². The largest absolute Gasteiger partial charge is 0.486 e. The zero-order valence-electron chi connectivity index (χ0n) is 26.3. The van der Waals surface area contributed by atoms with Gasteiger partial charge in [0.2, 0.25) is 5.88 Å². The molecule has 2 aromatic heterocycles. The minimum absolute atomic E-state index is 0.0197. The molecule has 17 heteroatoms. The van der Waals surface area contributed by atoms with E-state index >= 15 is 0 Å². The number of carbonyl (C=O) groups excluding carboxylic acids is 1. The molecule has 0 radical (unpaired) electrons. The van der Waals surface area contributed by atoms with Crippen LogP contribution in [0.4, 0.5) is 5.69 Å². The summed E-state index contributed by atoms with van der Waals surface area (Å²) in [7, 11) is 1.40. The molecular weight excluding hydrogens is 717 g/mol. The third-order valence-corrected chi connectivity index (χ3v) is 8.38. The highest BCUT2D eigenvalue weighted by Gasteiger charge is 2.20. The number of carboxylic acid groups (broad SMARTS) is 2. The van der Waals surface area contributed by atoms with Gasteiger partial charge in [0.25, 0.3) is 5.91 Å². The molecule has 0 unspecified atom stereocenters. The van der Waals surface area contributed by atoms with E-state index in [1.807, 2.05) is 0 Å². The molecule has 1 amide bonds. The van der Waals surface area contributed by atoms with Crippen molar-refractivity contribution in [3.8, 4) is 22.8 Å². The number of hydrogen-bond acceptors (Lipinski definition) is 11. The second kappa shape index (κ2) is 17.9. The van der Waals surface area contributed by atoms with E-state index in [2.05, 4.69) is 25.9 Å². The summed E-state index contributed by atoms with van der Waals surface area (Å²) >= 11 is 20.0. The maximum Gasteiger partial charge on any atom is 0.323 e. The minimum Gasteiger partial charge on any atom is -0.486 e. The summed E-state index contributed by atoms with van der Waals surface area (Å²) in [5, 5.41) is 45.4. The number of nitrogens with zero attached hydrogens (tertiary/aromatic N) is 2. The van der Waals surface area contributed by atoms with Crippen molar-refractivity contribution in [2.24, 2.45) is 0 Å². The van der Waals surface area contributed by atoms with Crippen LogP contribution >= 0.6 is 34.8 Å². The van der Waals surface area contributed by atoms with Crippen LogP contribution in [0.15, 0.2) is 60.8 Å². The number of rotatable bonds is 17. The Balaban J connectivity index is 1.46. The molecule has 0 aliphatic rings. The first kappa shape index (κ1) is 38.3. The number of methoxy groups -OCH3 is 1. The lowest BCUT2D eigenvalue weighted by Gasteiger charge is -2.16. The standard InChI is InChI=1S/C33H32Cl3N5O9/c1-49-31-18(13-39-25(15-43)33(47)48)10-21(34)26(41-31)16-50-27-7-3-5-20(29(27)36)19-4-2-6-22(28(19)35)40-30(44)23-9-8-17(11-37-23)12-38-24(14-42)32(45)46/h2-11,24-25,38-39,42-43H,12-16H2,1H3,(H,40,44)(H,45,46)(H,47,48)/t24-,25-/m0/s1. The number of benzene rings is 2. The number of aliphatic hydroxyl groups excluding tert-OH is 2. The molecule has 0 fully saturated rings. The van der Waals surface area contributed by atoms with Gasteiger partial charge in [-0.1, -0.05) is 65.1 Å². The summed E-state index contributed by atoms with van der Waals surface area (Å²) in [4.78, 5) is 43.8. The van der Waals surface area contributed by atoms with Crippen LogP contribution in [0, 0.1) is 0 Å². The third kappa shape index (κ3) is 9.57. The van der Waals surface area contributed by atoms with Crippen LogP contribution in [-0.4, -0.2) is 80.6 Å². The Bertz CT molecular complexity index is 1850. The summed E-state index contributed by atoms with van der Waals surface area (Å²) < 4.78 is 11.3. The second-order valence-electron chi connectivity index (χ2n) is 10.6. The van der Waals surface area contributed by atoms with Crippen LogP contribution in [0.1, 0.15) is 27.3 Å². The third-order valence-electron chi connectivity index (χ3n) is 7.26. The van der Waals surface area contributed by atoms with Gasteiger partial charge in [0, 0.05) is 36.0 Å². The molecule has 0 saturated heterocycles. The van der Waals surface area contributed by atoms with E-state index < -0.39 is 43.1 Å². The van der Waals surface area contributed by atoms with Crippen molar-refractivity contribution in [3.05, 3.63) is 98.4 Å². The maximum absolute atomic E-state index is 13.0. The fraction of sp³-hybridized carbons (Fsp3) is 0.242. The predicted octanol–water partition coefficient (Wildman–Crippen LogP) is 4.01. The molecule has 0 aliphatic carbocycles. The van der Waals surface area contributed by atoms with Gasteiger partial charge in [-0.3, -0.25) is 30.0 Å². The molecular formula is C33H32Cl3N5O9. The Kier molecular flexibility index (Phi) is 13.7. The molecule has 2 heterocycles. The molecule has 14 nitrogen and oxygen atoms in total. The van der Waals surface area contributed by atoms with Gasteiger partial charge in [-0.2, -0.15) is 0 Å². The lowest BCUT2D eigenvalue weighted by Crippen LogP contribution is -2.39. The van der Waals surface area contributed by atoms with Gasteiger partial charge >= 0.3 is 11.9 Å². The molecule has 2 aromatic carbocycles. The van der Waals surface area contributed by atoms with Gasteiger partial charge < -0.3 is 35.2 Å². The maximum atomic E-state index is 13.0. The highest BCUT2D eigenvalue weighted by molar-refractivity contribution is 6.39. The normalized spacial score (nSPS) is 12.2. The van der Waals surface area contributed by atoms with Gasteiger partial charge in [-0.25, -0.2) is 4.98 Å². The molecule has 4 rings (SSSR count). The lowest BCUT2D eigenvalue weighted by molar-refractivity contribution is -0.141. The summed E-state index contributed by atoms with van der Waals surface area (Å²) in [5.74, 6) is -2.47. The number of amides is 1. The van der Waals surface area contributed by atoms with E-state index in [9.17, 15) is 19.5 Å². The van der Waals surface area contributed by atoms with Gasteiger partial charge in [0.05, 0.1) is 41.1 Å². The van der Waals surface area contributed by atoms with Crippen molar-refractivity contribution in [2.45, 2.75) is 31.8 Å². The number of aliphatic carboxylic acids is 2. The number of carboxylic acids is 2. The first-order valence-electron chi connectivity index (χ1n) is 14.8. The van der Waals surface area contributed by atoms with E-state index in [4.69, 9.17) is 59.6 Å². The van der Waals surface area contributed by atoms with Crippen molar-refractivity contribution >= 4 is 58.3 Å². The summed E-state index contributed by atoms with van der Waals surface area (Å²) in [6.45, 7) is -1.14. The monoisotopic (exact) mass is 747 g/mol. The SMILES string of the molecule is COc1nc(COc2cccc(-c3cccc(NC(=O)c4ccc(CN[C@@H](CO)C(=O)O)cn4)c3Cl)c2Cl)c(Cl)cc1CN[C@@H](CO)C(=O)O. The number of carbonyl (C=O) groups is 3. The summed E-state index contributed by atoms with van der Waals surface area (Å²) in [6, 6.07) is 12.4. The van der Waals surface area contributed by atoms with Gasteiger partial charge in [-0.05, 0) is 29.8 Å². The number of nitrogens with one attached hydrogen (secondary N) is 3. The molecule has 264 valence electrons. The van der Waals surface area contributed by atoms with Gasteiger partial charge in [0.15, 0.2) is 0 Å². The van der Waals surface area contributed by atoms with E-state index in [0.29, 0.717) is 33.6 Å². The van der Waals surface area contributed by atoms with E-state index in [-0.39, 0.29) is 52.1 Å². The second-order valence-corrected chi connectivity index (χ2v) is 11.7. The Morgan fingerprint density at radius 2 is 1.50 bits per heavy atom. The van der Waals surface area contributed by atoms with E-state index in [1.54, 1.807) is 48.5 Å². The number of aliphatic hydroxyl groups is 2. The molecule has 2 atom stereocenters. The number of anilines is 1. The number of halogens is 3. The van der Waals surface area contributed by atoms with Crippen molar-refractivity contribution in [2.75, 3.05) is 25.6 Å². The highest BCUT2D eigenvalue weighted by atomic mass is 35.5. The van der Waals surface area contributed by atoms with Crippen LogP contribution in [-0.2, 0) is 29.3 Å². The Morgan fingerprint density at radius 3 is 2.10 bits per heavy atom. The molecule has 50 heavy (non-hydrogen) atoms. The predicted molar refractivity (Wildman–Crippen MR) is 185 cm³/mol. The zero-order chi connectivity index (χ0) is 36.4. The smallest absolute Gasteiger partial charge is 0.323 e. The van der Waals surface area contributed by atoms with Crippen LogP contribution in [0.2, 0.25) is 15.1 Å². The van der Waals surface area contributed by atoms with Crippen molar-refractivity contribution in [1.29, 1.82) is 0 Å². The molecule has 0 saturated carbocycles. The summed E-state index contributed by atoms with van der Waals surface area (Å²) in [6.07, 6.45) is 1.42. The lowest BCUT2D eigenvalue weighted by atomic mass is 10.0. The molecule has 4 aromatic rings. The fourth-order valence-electron chi connectivity index (χ4n) is 4.55. The molecule has 7 N–H and O–H groups in total. The Morgan fingerprint density at radius 1 is 0.860 bits per heavy atom. The first-order valence-corrected chi connectivity index (χ1v) is 15.9. The van der Waals surface area contributed by atoms with Crippen molar-refractivity contribution in [1.82, 2.24) is 20.6 Å². The zero-order valence-corrected chi connectivity index (χ0v) is 28.6. The van der Waals surface area contributed by atoms with Crippen LogP contribution < -0.4 is 25.4 Å². The van der Waals surface area contributed by atoms with Crippen molar-refractivity contribution in [3.63, 3.8) is 0 Å². The number of aromatic nitrogens is 2. The van der Waals surface area contributed by atoms with Crippen LogP contribution in [0.3, 0.4) is 0 Å². The Hall–Kier alpha value is -4.54. The van der Waals surface area contributed by atoms with E-state index in [1.165, 1.54) is 19.4 Å². The quantitative estimate of drug-likeness (QED) is 0.0815. The number of pyridine rings is 2. The molecule has 0 aliphatic heterocycles. The topological polar surface area (TPSA) is 212 Å². The average molecular weight is 749 g/mol. The van der Waals surface area contributed by atoms with Crippen LogP contribution in [0.5, 0.6) is 11.6 Å². The minimum atomic E-state index is -1.21. The average Bonchev–Trinajstić information content (AvgIpc) is 3.10. The number of ether oxygens (including phenoxy) is 2. The fourth-order valence-corrected chi connectivity index (χ4v) is 5.33. The van der Waals surface area contributed by atoms with Crippen LogP contribution in [0.25, 0.3) is 11.1 Å².